The maximum atomic E-state index is 12.3. The Hall–Kier alpha value is -3.36. The van der Waals surface area contributed by atoms with E-state index in [1.165, 1.54) is 0 Å². The van der Waals surface area contributed by atoms with Gasteiger partial charge in [0.15, 0.2) is 5.82 Å². The first-order chi connectivity index (χ1) is 12.2. The summed E-state index contributed by atoms with van der Waals surface area (Å²) < 4.78 is 0. The lowest BCUT2D eigenvalue weighted by Gasteiger charge is -2.20. The number of aryl methyl sites for hydroxylation is 1. The second kappa shape index (κ2) is 7.68. The van der Waals surface area contributed by atoms with Gasteiger partial charge in [0.25, 0.3) is 11.5 Å². The van der Waals surface area contributed by atoms with Crippen LogP contribution in [0.4, 0.5) is 17.5 Å². The average molecular weight is 358 g/mol. The highest BCUT2D eigenvalue weighted by Crippen LogP contribution is 2.19. The third-order valence-electron chi connectivity index (χ3n) is 3.71. The minimum Gasteiger partial charge on any atom is -0.368 e. The number of nitrogens with zero attached hydrogens (tertiary/aromatic N) is 1. The number of anilines is 3. The highest BCUT2D eigenvalue weighted by atomic mass is 16.2. The van der Waals surface area contributed by atoms with Crippen molar-refractivity contribution in [1.29, 1.82) is 0 Å². The predicted octanol–water partition coefficient (Wildman–Crippen LogP) is 0.843. The van der Waals surface area contributed by atoms with Gasteiger partial charge in [-0.3, -0.25) is 19.4 Å². The number of benzene rings is 1. The van der Waals surface area contributed by atoms with E-state index in [9.17, 15) is 14.4 Å². The number of carbonyl (C=O) groups is 2. The molecule has 0 aliphatic carbocycles. The van der Waals surface area contributed by atoms with Crippen LogP contribution in [0, 0.1) is 12.8 Å². The molecule has 2 amide bonds. The molecule has 0 saturated carbocycles. The Kier molecular flexibility index (Phi) is 5.61. The van der Waals surface area contributed by atoms with Crippen LogP contribution in [0.3, 0.4) is 0 Å². The summed E-state index contributed by atoms with van der Waals surface area (Å²) in [6, 6.07) is 6.55. The molecule has 26 heavy (non-hydrogen) atoms. The molecule has 0 saturated heterocycles. The molecule has 0 radical (unpaired) electrons. The van der Waals surface area contributed by atoms with Crippen LogP contribution >= 0.6 is 0 Å². The van der Waals surface area contributed by atoms with E-state index < -0.39 is 23.4 Å². The highest BCUT2D eigenvalue weighted by Gasteiger charge is 2.22. The van der Waals surface area contributed by atoms with Crippen LogP contribution in [0.15, 0.2) is 29.1 Å². The number of carbonyl (C=O) groups excluding carboxylic acids is 2. The van der Waals surface area contributed by atoms with Gasteiger partial charge in [0.1, 0.15) is 11.6 Å². The van der Waals surface area contributed by atoms with Crippen molar-refractivity contribution in [3.8, 4) is 0 Å². The Morgan fingerprint density at radius 2 is 1.92 bits per heavy atom. The zero-order chi connectivity index (χ0) is 19.4. The topological polar surface area (TPSA) is 156 Å². The van der Waals surface area contributed by atoms with Crippen LogP contribution in [0.5, 0.6) is 0 Å². The molecular formula is C17H22N6O3. The summed E-state index contributed by atoms with van der Waals surface area (Å²) in [5.74, 6) is -1.65. The van der Waals surface area contributed by atoms with Gasteiger partial charge in [0.05, 0.1) is 0 Å². The molecule has 0 unspecified atom stereocenters. The van der Waals surface area contributed by atoms with E-state index in [-0.39, 0.29) is 23.2 Å². The van der Waals surface area contributed by atoms with Crippen molar-refractivity contribution in [2.24, 2.45) is 17.4 Å². The fourth-order valence-electron chi connectivity index (χ4n) is 2.43. The molecule has 1 heterocycles. The van der Waals surface area contributed by atoms with Crippen LogP contribution in [-0.2, 0) is 4.79 Å². The fourth-order valence-corrected chi connectivity index (χ4v) is 2.43. The van der Waals surface area contributed by atoms with Crippen LogP contribution in [0.2, 0.25) is 0 Å². The lowest BCUT2D eigenvalue weighted by molar-refractivity contribution is -0.119. The first-order valence-corrected chi connectivity index (χ1v) is 8.02. The van der Waals surface area contributed by atoms with Gasteiger partial charge in [-0.2, -0.15) is 4.98 Å². The average Bonchev–Trinajstić information content (AvgIpc) is 2.51. The molecule has 0 aliphatic heterocycles. The predicted molar refractivity (Wildman–Crippen MR) is 99.3 cm³/mol. The number of hydrogen-bond donors (Lipinski definition) is 5. The Bertz CT molecular complexity index is 890. The second-order valence-corrected chi connectivity index (χ2v) is 6.27. The summed E-state index contributed by atoms with van der Waals surface area (Å²) >= 11 is 0. The minimum atomic E-state index is -0.921. The molecule has 2 rings (SSSR count). The van der Waals surface area contributed by atoms with Crippen LogP contribution in [0.1, 0.15) is 29.8 Å². The van der Waals surface area contributed by atoms with Crippen molar-refractivity contribution in [2.45, 2.75) is 26.8 Å². The van der Waals surface area contributed by atoms with Crippen LogP contribution < -0.4 is 27.7 Å². The number of aromatic nitrogens is 2. The number of nitrogens with two attached hydrogens (primary N) is 2. The SMILES string of the molecule is Cc1cccc(Nc2nc(N[C@@H](C(N)=O)C(C)C)[nH]c(=O)c2C(N)=O)c1. The molecule has 1 atom stereocenters. The maximum absolute atomic E-state index is 12.3. The van der Waals surface area contributed by atoms with Crippen molar-refractivity contribution in [3.63, 3.8) is 0 Å². The summed E-state index contributed by atoms with van der Waals surface area (Å²) in [5.41, 5.74) is 11.3. The normalized spacial score (nSPS) is 11.8. The molecule has 138 valence electrons. The molecule has 2 aromatic rings. The smallest absolute Gasteiger partial charge is 0.267 e. The van der Waals surface area contributed by atoms with Gasteiger partial charge in [-0.1, -0.05) is 26.0 Å². The van der Waals surface area contributed by atoms with Crippen molar-refractivity contribution >= 4 is 29.3 Å². The molecule has 9 nitrogen and oxygen atoms in total. The molecule has 1 aromatic heterocycles. The van der Waals surface area contributed by atoms with E-state index >= 15 is 0 Å². The number of rotatable bonds is 7. The molecule has 7 N–H and O–H groups in total. The molecular weight excluding hydrogens is 336 g/mol. The van der Waals surface area contributed by atoms with Gasteiger partial charge in [-0.15, -0.1) is 0 Å². The molecule has 1 aromatic carbocycles. The van der Waals surface area contributed by atoms with E-state index in [0.717, 1.165) is 5.56 Å². The molecule has 9 heteroatoms. The minimum absolute atomic E-state index is 0.00709. The Balaban J connectivity index is 2.47. The first-order valence-electron chi connectivity index (χ1n) is 8.02. The van der Waals surface area contributed by atoms with E-state index in [2.05, 4.69) is 20.6 Å². The summed E-state index contributed by atoms with van der Waals surface area (Å²) in [6.45, 7) is 5.49. The lowest BCUT2D eigenvalue weighted by atomic mass is 10.0. The third-order valence-corrected chi connectivity index (χ3v) is 3.71. The molecule has 0 bridgehead atoms. The van der Waals surface area contributed by atoms with Crippen LogP contribution in [0.25, 0.3) is 0 Å². The van der Waals surface area contributed by atoms with Gasteiger partial charge in [0.2, 0.25) is 11.9 Å². The quantitative estimate of drug-likeness (QED) is 0.494. The van der Waals surface area contributed by atoms with Crippen molar-refractivity contribution in [2.75, 3.05) is 10.6 Å². The maximum Gasteiger partial charge on any atom is 0.267 e. The lowest BCUT2D eigenvalue weighted by Crippen LogP contribution is -2.40. The van der Waals surface area contributed by atoms with Gasteiger partial charge in [-0.25, -0.2) is 0 Å². The van der Waals surface area contributed by atoms with Crippen molar-refractivity contribution < 1.29 is 9.59 Å². The summed E-state index contributed by atoms with van der Waals surface area (Å²) in [5, 5.41) is 5.71. The molecule has 0 spiro atoms. The van der Waals surface area contributed by atoms with Gasteiger partial charge in [-0.05, 0) is 30.5 Å². The number of amides is 2. The van der Waals surface area contributed by atoms with Crippen molar-refractivity contribution in [3.05, 3.63) is 45.7 Å². The van der Waals surface area contributed by atoms with Gasteiger partial charge in [0, 0.05) is 5.69 Å². The zero-order valence-corrected chi connectivity index (χ0v) is 14.8. The second-order valence-electron chi connectivity index (χ2n) is 6.27. The summed E-state index contributed by atoms with van der Waals surface area (Å²) in [6.07, 6.45) is 0. The monoisotopic (exact) mass is 358 g/mol. The van der Waals surface area contributed by atoms with E-state index in [1.54, 1.807) is 19.9 Å². The first kappa shape index (κ1) is 19.0. The number of nitrogens with one attached hydrogen (secondary N) is 3. The Morgan fingerprint density at radius 1 is 1.23 bits per heavy atom. The van der Waals surface area contributed by atoms with Crippen molar-refractivity contribution in [1.82, 2.24) is 9.97 Å². The largest absolute Gasteiger partial charge is 0.368 e. The summed E-state index contributed by atoms with van der Waals surface area (Å²) in [4.78, 5) is 42.1. The molecule has 0 aliphatic rings. The zero-order valence-electron chi connectivity index (χ0n) is 14.8. The highest BCUT2D eigenvalue weighted by molar-refractivity contribution is 5.98. The van der Waals surface area contributed by atoms with Gasteiger partial charge < -0.3 is 22.1 Å². The van der Waals surface area contributed by atoms with E-state index in [0.29, 0.717) is 5.69 Å². The fraction of sp³-hybridized carbons (Fsp3) is 0.294. The number of hydrogen-bond acceptors (Lipinski definition) is 6. The number of primary amides is 2. The number of H-pyrrole nitrogens is 1. The Morgan fingerprint density at radius 3 is 2.46 bits per heavy atom. The van der Waals surface area contributed by atoms with E-state index in [4.69, 9.17) is 11.5 Å². The third kappa shape index (κ3) is 4.38. The van der Waals surface area contributed by atoms with Gasteiger partial charge >= 0.3 is 0 Å². The Labute approximate surface area is 150 Å². The summed E-state index contributed by atoms with van der Waals surface area (Å²) in [7, 11) is 0. The standard InChI is InChI=1S/C17H22N6O3/c1-8(2)12(14(19)25)21-17-22-15(11(13(18)24)16(26)23-17)20-10-6-4-5-9(3)7-10/h4-8,12H,1-3H3,(H2,18,24)(H2,19,25)(H3,20,21,22,23,26)/t12-/m1/s1. The number of aromatic amines is 1. The van der Waals surface area contributed by atoms with Crippen LogP contribution in [-0.4, -0.2) is 27.8 Å². The molecule has 0 fully saturated rings. The van der Waals surface area contributed by atoms with E-state index in [1.807, 2.05) is 25.1 Å².